The van der Waals surface area contributed by atoms with E-state index in [0.29, 0.717) is 19.3 Å². The van der Waals surface area contributed by atoms with Crippen molar-refractivity contribution in [3.63, 3.8) is 0 Å². The van der Waals surface area contributed by atoms with Crippen LogP contribution in [0.15, 0.2) is 36.5 Å². The Labute approximate surface area is 379 Å². The minimum Gasteiger partial charge on any atom is -0.462 e. The topological polar surface area (TPSA) is 95.9 Å². The lowest BCUT2D eigenvalue weighted by Gasteiger charge is -2.24. The van der Waals surface area contributed by atoms with Crippen molar-refractivity contribution in [3.05, 3.63) is 36.5 Å². The van der Waals surface area contributed by atoms with Gasteiger partial charge in [-0.1, -0.05) is 231 Å². The number of hydrogen-bond acceptors (Lipinski definition) is 5. The van der Waals surface area contributed by atoms with Gasteiger partial charge in [0.1, 0.15) is 6.10 Å². The van der Waals surface area contributed by atoms with E-state index in [1.807, 2.05) is 0 Å². The number of unbranched alkanes of at least 4 members (excludes halogenated alkanes) is 30. The Morgan fingerprint density at radius 3 is 1.38 bits per heavy atom. The number of rotatable bonds is 48. The van der Waals surface area contributed by atoms with E-state index in [4.69, 9.17) is 4.74 Å². The van der Waals surface area contributed by atoms with Crippen LogP contribution in [0, 0.1) is 0 Å². The quantitative estimate of drug-likeness (QED) is 0.0322. The molecule has 1 amide bonds. The monoisotopic (exact) mass is 858 g/mol. The third kappa shape index (κ3) is 44.5. The first-order valence-corrected chi connectivity index (χ1v) is 26.7. The molecule has 3 N–H and O–H groups in total. The molecule has 0 heterocycles. The summed E-state index contributed by atoms with van der Waals surface area (Å²) in [5, 5.41) is 23.8. The maximum Gasteiger partial charge on any atom is 0.306 e. The van der Waals surface area contributed by atoms with E-state index in [1.165, 1.54) is 154 Å². The van der Waals surface area contributed by atoms with Crippen molar-refractivity contribution >= 4 is 11.9 Å². The largest absolute Gasteiger partial charge is 0.462 e. The fraction of sp³-hybridized carbons (Fsp3) is 0.855. The Kier molecular flexibility index (Phi) is 47.6. The van der Waals surface area contributed by atoms with Crippen LogP contribution in [-0.4, -0.2) is 46.9 Å². The number of ether oxygens (including phenoxy) is 1. The predicted molar refractivity (Wildman–Crippen MR) is 264 cm³/mol. The first-order valence-electron chi connectivity index (χ1n) is 26.7. The molecule has 61 heavy (non-hydrogen) atoms. The average molecular weight is 858 g/mol. The van der Waals surface area contributed by atoms with Gasteiger partial charge < -0.3 is 20.3 Å². The van der Waals surface area contributed by atoms with Crippen molar-refractivity contribution in [2.45, 2.75) is 296 Å². The van der Waals surface area contributed by atoms with Crippen LogP contribution in [0.2, 0.25) is 0 Å². The summed E-state index contributed by atoms with van der Waals surface area (Å²) in [6.07, 6.45) is 57.8. The molecule has 0 aliphatic carbocycles. The first kappa shape index (κ1) is 59.1. The number of carbonyl (C=O) groups is 2. The SMILES string of the molecule is CC/C=C/C/C=C/CCCCCCCCCC(=O)OC(CCC/C=C\CCCCCCCCC)CC(=O)NC(CO)C(O)CCCCCCCCCCCCCCCCCC. The molecular weight excluding hydrogens is 755 g/mol. The zero-order valence-electron chi connectivity index (χ0n) is 40.8. The molecule has 0 radical (unpaired) electrons. The first-order chi connectivity index (χ1) is 30.0. The number of carbonyl (C=O) groups excluding carboxylic acids is 2. The molecule has 6 heteroatoms. The average Bonchev–Trinajstić information content (AvgIpc) is 3.25. The number of allylic oxidation sites excluding steroid dienone is 6. The van der Waals surface area contributed by atoms with Crippen LogP contribution in [0.3, 0.4) is 0 Å². The number of esters is 1. The lowest BCUT2D eigenvalue weighted by Crippen LogP contribution is -2.46. The lowest BCUT2D eigenvalue weighted by atomic mass is 10.0. The minimum absolute atomic E-state index is 0.0559. The second-order valence-corrected chi connectivity index (χ2v) is 18.2. The molecule has 0 saturated heterocycles. The highest BCUT2D eigenvalue weighted by atomic mass is 16.5. The van der Waals surface area contributed by atoms with Crippen LogP contribution in [0.4, 0.5) is 0 Å². The van der Waals surface area contributed by atoms with Crippen molar-refractivity contribution in [2.24, 2.45) is 0 Å². The summed E-state index contributed by atoms with van der Waals surface area (Å²) in [4.78, 5) is 26.1. The van der Waals surface area contributed by atoms with Gasteiger partial charge in [0.25, 0.3) is 0 Å². The molecule has 6 nitrogen and oxygen atoms in total. The molecule has 3 unspecified atom stereocenters. The Morgan fingerprint density at radius 1 is 0.492 bits per heavy atom. The summed E-state index contributed by atoms with van der Waals surface area (Å²) in [7, 11) is 0. The molecule has 358 valence electrons. The Hall–Kier alpha value is -1.92. The maximum atomic E-state index is 13.2. The van der Waals surface area contributed by atoms with Gasteiger partial charge in [0.2, 0.25) is 5.91 Å². The van der Waals surface area contributed by atoms with E-state index in [9.17, 15) is 19.8 Å². The molecule has 0 aliphatic heterocycles. The number of aliphatic hydroxyl groups excluding tert-OH is 2. The molecule has 0 spiro atoms. The molecule has 0 aromatic heterocycles. The highest BCUT2D eigenvalue weighted by Gasteiger charge is 2.24. The smallest absolute Gasteiger partial charge is 0.306 e. The number of amides is 1. The predicted octanol–water partition coefficient (Wildman–Crippen LogP) is 16.1. The summed E-state index contributed by atoms with van der Waals surface area (Å²) in [5.74, 6) is -0.503. The van der Waals surface area contributed by atoms with Gasteiger partial charge in [0.15, 0.2) is 0 Å². The van der Waals surface area contributed by atoms with Crippen LogP contribution < -0.4 is 5.32 Å². The molecular formula is C55H103NO5. The lowest BCUT2D eigenvalue weighted by molar-refractivity contribution is -0.151. The van der Waals surface area contributed by atoms with Crippen molar-refractivity contribution in [1.29, 1.82) is 0 Å². The van der Waals surface area contributed by atoms with E-state index >= 15 is 0 Å². The highest BCUT2D eigenvalue weighted by molar-refractivity contribution is 5.77. The van der Waals surface area contributed by atoms with Crippen molar-refractivity contribution in [2.75, 3.05) is 6.61 Å². The van der Waals surface area contributed by atoms with Gasteiger partial charge in [-0.15, -0.1) is 0 Å². The van der Waals surface area contributed by atoms with E-state index in [1.54, 1.807) is 0 Å². The summed E-state index contributed by atoms with van der Waals surface area (Å²) >= 11 is 0. The highest BCUT2D eigenvalue weighted by Crippen LogP contribution is 2.18. The molecule has 0 aromatic rings. The molecule has 3 atom stereocenters. The van der Waals surface area contributed by atoms with Gasteiger partial charge in [-0.3, -0.25) is 9.59 Å². The molecule has 0 aromatic carbocycles. The van der Waals surface area contributed by atoms with E-state index in [2.05, 4.69) is 62.5 Å². The van der Waals surface area contributed by atoms with Gasteiger partial charge in [-0.2, -0.15) is 0 Å². The van der Waals surface area contributed by atoms with Gasteiger partial charge in [0, 0.05) is 6.42 Å². The molecule has 0 aliphatic rings. The van der Waals surface area contributed by atoms with Gasteiger partial charge in [-0.05, 0) is 70.6 Å². The zero-order chi connectivity index (χ0) is 44.5. The number of hydrogen-bond donors (Lipinski definition) is 3. The van der Waals surface area contributed by atoms with Crippen LogP contribution in [0.5, 0.6) is 0 Å². The summed E-state index contributed by atoms with van der Waals surface area (Å²) in [6, 6.07) is -0.709. The molecule has 0 bridgehead atoms. The number of nitrogens with one attached hydrogen (secondary N) is 1. The van der Waals surface area contributed by atoms with E-state index in [0.717, 1.165) is 77.0 Å². The third-order valence-electron chi connectivity index (χ3n) is 12.2. The summed E-state index contributed by atoms with van der Waals surface area (Å²) in [6.45, 7) is 6.38. The van der Waals surface area contributed by atoms with Gasteiger partial charge in [0.05, 0.1) is 25.2 Å². The van der Waals surface area contributed by atoms with Crippen LogP contribution in [0.1, 0.15) is 278 Å². The second kappa shape index (κ2) is 49.1. The minimum atomic E-state index is -0.794. The fourth-order valence-electron chi connectivity index (χ4n) is 8.18. The fourth-order valence-corrected chi connectivity index (χ4v) is 8.18. The van der Waals surface area contributed by atoms with Crippen LogP contribution in [0.25, 0.3) is 0 Å². The number of aliphatic hydroxyl groups is 2. The van der Waals surface area contributed by atoms with Crippen LogP contribution >= 0.6 is 0 Å². The second-order valence-electron chi connectivity index (χ2n) is 18.2. The summed E-state index contributed by atoms with van der Waals surface area (Å²) in [5.41, 5.74) is 0. The third-order valence-corrected chi connectivity index (χ3v) is 12.2. The van der Waals surface area contributed by atoms with Gasteiger partial charge >= 0.3 is 5.97 Å². The van der Waals surface area contributed by atoms with Crippen LogP contribution in [-0.2, 0) is 14.3 Å². The van der Waals surface area contributed by atoms with Crippen molar-refractivity contribution in [1.82, 2.24) is 5.32 Å². The Balaban J connectivity index is 4.53. The standard InChI is InChI=1S/C55H103NO5/c1-4-7-10-13-16-19-22-25-27-28-29-32-35-38-41-44-47-53(58)52(50-57)56-54(59)49-51(46-43-40-37-34-31-24-21-18-15-12-9-6-3)61-55(60)48-45-42-39-36-33-30-26-23-20-17-14-11-8-5-2/h8,11,17,20,34,37,51-53,57-58H,4-7,9-10,12-16,18-19,21-33,35-36,38-50H2,1-3H3,(H,56,59)/b11-8+,20-17+,37-34-. The molecule has 0 fully saturated rings. The summed E-state index contributed by atoms with van der Waals surface area (Å²) < 4.78 is 5.91. The van der Waals surface area contributed by atoms with Crippen molar-refractivity contribution in [3.8, 4) is 0 Å². The maximum absolute atomic E-state index is 13.2. The normalized spacial score (nSPS) is 13.5. The zero-order valence-corrected chi connectivity index (χ0v) is 40.8. The Bertz CT molecular complexity index is 1010. The molecule has 0 saturated carbocycles. The Morgan fingerprint density at radius 2 is 0.902 bits per heavy atom. The van der Waals surface area contributed by atoms with Gasteiger partial charge in [-0.25, -0.2) is 0 Å². The van der Waals surface area contributed by atoms with E-state index < -0.39 is 18.2 Å². The molecule has 0 rings (SSSR count). The van der Waals surface area contributed by atoms with E-state index in [-0.39, 0.29) is 24.9 Å². The van der Waals surface area contributed by atoms with Crippen molar-refractivity contribution < 1.29 is 24.5 Å².